The summed E-state index contributed by atoms with van der Waals surface area (Å²) in [6, 6.07) is 16.8. The Bertz CT molecular complexity index is 1090. The van der Waals surface area contributed by atoms with Gasteiger partial charge in [0.1, 0.15) is 0 Å². The molecule has 0 radical (unpaired) electrons. The van der Waals surface area contributed by atoms with E-state index in [1.807, 2.05) is 0 Å². The van der Waals surface area contributed by atoms with Gasteiger partial charge in [-0.2, -0.15) is 0 Å². The first kappa shape index (κ1) is 29.7. The summed E-state index contributed by atoms with van der Waals surface area (Å²) >= 11 is 4.18. The van der Waals surface area contributed by atoms with Crippen LogP contribution in [0.1, 0.15) is 152 Å². The molecule has 0 saturated heterocycles. The molecule has 3 aromatic rings. The molecule has 0 aliphatic rings. The number of hydrogen-bond acceptors (Lipinski definition) is 0. The molecule has 0 aliphatic heterocycles. The van der Waals surface area contributed by atoms with E-state index < -0.39 is 0 Å². The van der Waals surface area contributed by atoms with Gasteiger partial charge in [0.15, 0.2) is 0 Å². The minimum atomic E-state index is 0.449. The van der Waals surface area contributed by atoms with E-state index in [9.17, 15) is 0 Å². The molecule has 3 aromatic carbocycles. The summed E-state index contributed by atoms with van der Waals surface area (Å²) in [4.78, 5) is 0. The van der Waals surface area contributed by atoms with E-state index in [1.165, 1.54) is 60.1 Å². The van der Waals surface area contributed by atoms with Crippen LogP contribution < -0.4 is 0 Å². The molecular formula is C36H49Br. The summed E-state index contributed by atoms with van der Waals surface area (Å²) in [6.45, 7) is 27.9. The largest absolute Gasteiger partial charge is 0.0610 e. The first-order chi connectivity index (χ1) is 17.3. The molecule has 1 heteroatoms. The van der Waals surface area contributed by atoms with E-state index in [4.69, 9.17) is 0 Å². The number of hydrogen-bond donors (Lipinski definition) is 0. The van der Waals surface area contributed by atoms with Crippen LogP contribution in [0.2, 0.25) is 0 Å². The van der Waals surface area contributed by atoms with E-state index >= 15 is 0 Å². The molecule has 0 spiro atoms. The van der Waals surface area contributed by atoms with E-state index in [-0.39, 0.29) is 0 Å². The molecule has 0 amide bonds. The number of halogens is 1. The summed E-state index contributed by atoms with van der Waals surface area (Å²) in [7, 11) is 0. The lowest BCUT2D eigenvalue weighted by atomic mass is 9.79. The Morgan fingerprint density at radius 1 is 0.432 bits per heavy atom. The molecule has 0 aromatic heterocycles. The zero-order valence-corrected chi connectivity index (χ0v) is 27.0. The Kier molecular flexibility index (Phi) is 9.55. The standard InChI is InChI=1S/C36H49Br/c1-20(2)26-16-30(22(5)6)34(31(17-26)23(7)8)28-14-13-15-29(36(28)37)35-32(24(9)10)18-27(21(3)4)19-33(35)25(11)12/h13-25H,1-12H3. The van der Waals surface area contributed by atoms with Gasteiger partial charge in [0.05, 0.1) is 0 Å². The van der Waals surface area contributed by atoms with Crippen molar-refractivity contribution in [3.05, 3.63) is 80.3 Å². The molecule has 0 unspecified atom stereocenters. The average Bonchev–Trinajstić information content (AvgIpc) is 2.82. The van der Waals surface area contributed by atoms with Crippen molar-refractivity contribution >= 4 is 15.9 Å². The van der Waals surface area contributed by atoms with Crippen LogP contribution >= 0.6 is 15.9 Å². The fraction of sp³-hybridized carbons (Fsp3) is 0.500. The summed E-state index contributed by atoms with van der Waals surface area (Å²) < 4.78 is 1.22. The Labute approximate surface area is 236 Å². The van der Waals surface area contributed by atoms with Gasteiger partial charge in [0.2, 0.25) is 0 Å². The van der Waals surface area contributed by atoms with Gasteiger partial charge < -0.3 is 0 Å². The summed E-state index contributed by atoms with van der Waals surface area (Å²) in [5.41, 5.74) is 14.2. The van der Waals surface area contributed by atoms with Gasteiger partial charge in [0, 0.05) is 4.47 Å². The molecule has 0 bridgehead atoms. The smallest absolute Gasteiger partial charge is 0.0332 e. The lowest BCUT2D eigenvalue weighted by molar-refractivity contribution is 0.806. The molecular weight excluding hydrogens is 512 g/mol. The molecule has 0 nitrogen and oxygen atoms in total. The van der Waals surface area contributed by atoms with Crippen LogP contribution in [0.5, 0.6) is 0 Å². The van der Waals surface area contributed by atoms with Crippen LogP contribution in [-0.2, 0) is 0 Å². The van der Waals surface area contributed by atoms with Crippen molar-refractivity contribution in [3.8, 4) is 22.3 Å². The Morgan fingerprint density at radius 2 is 0.703 bits per heavy atom. The van der Waals surface area contributed by atoms with Gasteiger partial charge in [-0.25, -0.2) is 0 Å². The van der Waals surface area contributed by atoms with Crippen LogP contribution in [0.15, 0.2) is 46.9 Å². The third-order valence-electron chi connectivity index (χ3n) is 7.80. The van der Waals surface area contributed by atoms with Crippen LogP contribution in [0.25, 0.3) is 22.3 Å². The van der Waals surface area contributed by atoms with Crippen molar-refractivity contribution in [2.45, 2.75) is 119 Å². The molecule has 37 heavy (non-hydrogen) atoms. The van der Waals surface area contributed by atoms with E-state index in [2.05, 4.69) is 141 Å². The first-order valence-corrected chi connectivity index (χ1v) is 15.2. The Hall–Kier alpha value is -1.86. The average molecular weight is 562 g/mol. The van der Waals surface area contributed by atoms with Crippen molar-refractivity contribution in [1.82, 2.24) is 0 Å². The summed E-state index contributed by atoms with van der Waals surface area (Å²) in [5, 5.41) is 0. The lowest BCUT2D eigenvalue weighted by Gasteiger charge is -2.27. The first-order valence-electron chi connectivity index (χ1n) is 14.4. The second kappa shape index (κ2) is 11.9. The van der Waals surface area contributed by atoms with Crippen molar-refractivity contribution < 1.29 is 0 Å². The predicted octanol–water partition coefficient (Wildman–Crippen LogP) is 12.5. The highest BCUT2D eigenvalue weighted by Crippen LogP contribution is 2.47. The Morgan fingerprint density at radius 3 is 0.919 bits per heavy atom. The van der Waals surface area contributed by atoms with Crippen molar-refractivity contribution in [2.24, 2.45) is 0 Å². The van der Waals surface area contributed by atoms with Crippen LogP contribution in [0, 0.1) is 0 Å². The fourth-order valence-corrected chi connectivity index (χ4v) is 6.11. The highest BCUT2D eigenvalue weighted by molar-refractivity contribution is 9.10. The third-order valence-corrected chi connectivity index (χ3v) is 8.66. The Balaban J connectivity index is 2.44. The zero-order chi connectivity index (χ0) is 27.8. The minimum absolute atomic E-state index is 0.449. The van der Waals surface area contributed by atoms with Crippen LogP contribution in [0.3, 0.4) is 0 Å². The van der Waals surface area contributed by atoms with E-state index in [1.54, 1.807) is 0 Å². The third kappa shape index (κ3) is 6.08. The van der Waals surface area contributed by atoms with Gasteiger partial charge >= 0.3 is 0 Å². The topological polar surface area (TPSA) is 0 Å². The van der Waals surface area contributed by atoms with Crippen LogP contribution in [-0.4, -0.2) is 0 Å². The molecule has 3 rings (SSSR count). The summed E-state index contributed by atoms with van der Waals surface area (Å²) in [5.74, 6) is 2.82. The van der Waals surface area contributed by atoms with Gasteiger partial charge in [-0.15, -0.1) is 0 Å². The maximum Gasteiger partial charge on any atom is 0.0332 e. The van der Waals surface area contributed by atoms with Crippen LogP contribution in [0.4, 0.5) is 0 Å². The lowest BCUT2D eigenvalue weighted by Crippen LogP contribution is -2.06. The number of benzene rings is 3. The second-order valence-electron chi connectivity index (χ2n) is 12.7. The van der Waals surface area contributed by atoms with Gasteiger partial charge in [0.25, 0.3) is 0 Å². The molecule has 200 valence electrons. The maximum absolute atomic E-state index is 4.18. The van der Waals surface area contributed by atoms with E-state index in [0.29, 0.717) is 35.5 Å². The highest BCUT2D eigenvalue weighted by Gasteiger charge is 2.24. The number of rotatable bonds is 8. The van der Waals surface area contributed by atoms with Gasteiger partial charge in [-0.1, -0.05) is 126 Å². The molecule has 0 atom stereocenters. The normalized spacial score (nSPS) is 12.3. The molecule has 0 fully saturated rings. The minimum Gasteiger partial charge on any atom is -0.0610 e. The molecule has 0 saturated carbocycles. The van der Waals surface area contributed by atoms with Gasteiger partial charge in [-0.3, -0.25) is 0 Å². The van der Waals surface area contributed by atoms with Crippen molar-refractivity contribution in [1.29, 1.82) is 0 Å². The second-order valence-corrected chi connectivity index (χ2v) is 13.5. The quantitative estimate of drug-likeness (QED) is 0.257. The van der Waals surface area contributed by atoms with E-state index in [0.717, 1.165) is 0 Å². The highest BCUT2D eigenvalue weighted by atomic mass is 79.9. The monoisotopic (exact) mass is 560 g/mol. The molecule has 0 heterocycles. The SMILES string of the molecule is CC(C)c1cc(C(C)C)c(-c2cccc(-c3c(C(C)C)cc(C(C)C)cc3C(C)C)c2Br)c(C(C)C)c1. The molecule has 0 N–H and O–H groups in total. The summed E-state index contributed by atoms with van der Waals surface area (Å²) in [6.07, 6.45) is 0. The van der Waals surface area contributed by atoms with Gasteiger partial charge in [-0.05, 0) is 107 Å². The molecule has 0 aliphatic carbocycles. The predicted molar refractivity (Wildman–Crippen MR) is 170 cm³/mol. The fourth-order valence-electron chi connectivity index (χ4n) is 5.45. The van der Waals surface area contributed by atoms with Crippen molar-refractivity contribution in [2.75, 3.05) is 0 Å². The zero-order valence-electron chi connectivity index (χ0n) is 25.4. The maximum atomic E-state index is 4.18. The van der Waals surface area contributed by atoms with Crippen molar-refractivity contribution in [3.63, 3.8) is 0 Å².